The van der Waals surface area contributed by atoms with Crippen LogP contribution in [-0.2, 0) is 30.3 Å². The van der Waals surface area contributed by atoms with Crippen LogP contribution in [0.15, 0.2) is 30.3 Å². The van der Waals surface area contributed by atoms with Gasteiger partial charge in [0.15, 0.2) is 0 Å². The molecule has 0 spiro atoms. The Labute approximate surface area is 209 Å². The van der Waals surface area contributed by atoms with Gasteiger partial charge in [0, 0.05) is 6.04 Å². The molecule has 1 aromatic carbocycles. The smallest absolute Gasteiger partial charge is 0.326 e. The third-order valence-corrected chi connectivity index (χ3v) is 7.06. The summed E-state index contributed by atoms with van der Waals surface area (Å²) in [5.41, 5.74) is 0.507. The monoisotopic (exact) mass is 486 g/mol. The first-order valence-electron chi connectivity index (χ1n) is 13.1. The van der Waals surface area contributed by atoms with Gasteiger partial charge in [0.05, 0.1) is 12.6 Å². The zero-order chi connectivity index (χ0) is 25.6. The molecule has 7 nitrogen and oxygen atoms in total. The van der Waals surface area contributed by atoms with E-state index in [1.807, 2.05) is 51.1 Å². The van der Waals surface area contributed by atoms with Crippen LogP contribution in [0.3, 0.4) is 0 Å². The zero-order valence-electron chi connectivity index (χ0n) is 21.9. The molecule has 2 fully saturated rings. The van der Waals surface area contributed by atoms with Crippen molar-refractivity contribution in [3.63, 3.8) is 0 Å². The van der Waals surface area contributed by atoms with E-state index in [2.05, 4.69) is 5.32 Å². The molecule has 2 aliphatic carbocycles. The predicted molar refractivity (Wildman–Crippen MR) is 135 cm³/mol. The second kappa shape index (κ2) is 12.0. The standard InChI is InChI=1S/C28H42N2O5/c1-6-34-27(33)23(15-13-20-10-8-7-9-11-20)29-19(2)26(32)30(18-25(31)35-28(3,4)5)24-17-21-12-14-22(24)16-21/h7-11,19,21-24,29H,6,12-18H2,1-5H3/t19-,21?,22?,23+,24?/m0/s1. The summed E-state index contributed by atoms with van der Waals surface area (Å²) in [6.07, 6.45) is 5.55. The Bertz CT molecular complexity index is 866. The van der Waals surface area contributed by atoms with Crippen molar-refractivity contribution in [2.24, 2.45) is 11.8 Å². The first-order chi connectivity index (χ1) is 16.6. The lowest BCUT2D eigenvalue weighted by atomic mass is 9.93. The first-order valence-corrected chi connectivity index (χ1v) is 13.1. The number of hydrogen-bond acceptors (Lipinski definition) is 6. The summed E-state index contributed by atoms with van der Waals surface area (Å²) in [7, 11) is 0. The lowest BCUT2D eigenvalue weighted by Crippen LogP contribution is -2.56. The molecule has 1 aromatic rings. The number of carbonyl (C=O) groups is 3. The van der Waals surface area contributed by atoms with Gasteiger partial charge in [-0.1, -0.05) is 36.8 Å². The van der Waals surface area contributed by atoms with Gasteiger partial charge in [0.1, 0.15) is 18.2 Å². The minimum atomic E-state index is -0.637. The molecule has 2 bridgehead atoms. The third kappa shape index (κ3) is 7.79. The number of ether oxygens (including phenoxy) is 2. The molecule has 0 aliphatic heterocycles. The van der Waals surface area contributed by atoms with E-state index in [4.69, 9.17) is 9.47 Å². The minimum Gasteiger partial charge on any atom is -0.465 e. The van der Waals surface area contributed by atoms with E-state index in [0.717, 1.165) is 24.8 Å². The van der Waals surface area contributed by atoms with E-state index < -0.39 is 23.7 Å². The number of amides is 1. The molecular weight excluding hydrogens is 444 g/mol. The van der Waals surface area contributed by atoms with Crippen LogP contribution in [0.2, 0.25) is 0 Å². The second-order valence-electron chi connectivity index (χ2n) is 11.0. The fourth-order valence-corrected chi connectivity index (χ4v) is 5.55. The Hall–Kier alpha value is -2.41. The Morgan fingerprint density at radius 1 is 1.11 bits per heavy atom. The van der Waals surface area contributed by atoms with Crippen molar-refractivity contribution in [3.05, 3.63) is 35.9 Å². The molecule has 3 unspecified atom stereocenters. The molecule has 3 rings (SSSR count). The van der Waals surface area contributed by atoms with Gasteiger partial charge < -0.3 is 14.4 Å². The van der Waals surface area contributed by atoms with Gasteiger partial charge in [-0.15, -0.1) is 0 Å². The van der Waals surface area contributed by atoms with Crippen LogP contribution in [0.4, 0.5) is 0 Å². The van der Waals surface area contributed by atoms with E-state index in [-0.39, 0.29) is 31.1 Å². The normalized spacial score (nSPS) is 22.9. The van der Waals surface area contributed by atoms with Crippen molar-refractivity contribution in [1.29, 1.82) is 0 Å². The molecule has 1 amide bonds. The van der Waals surface area contributed by atoms with Crippen molar-refractivity contribution >= 4 is 17.8 Å². The van der Waals surface area contributed by atoms with Crippen molar-refractivity contribution in [3.8, 4) is 0 Å². The van der Waals surface area contributed by atoms with Gasteiger partial charge in [0.2, 0.25) is 5.91 Å². The SMILES string of the molecule is CCOC(=O)[C@@H](CCc1ccccc1)N[C@@H](C)C(=O)N(CC(=O)OC(C)(C)C)C1CC2CCC1C2. The van der Waals surface area contributed by atoms with Crippen LogP contribution < -0.4 is 5.32 Å². The summed E-state index contributed by atoms with van der Waals surface area (Å²) in [6.45, 7) is 9.25. The highest BCUT2D eigenvalue weighted by atomic mass is 16.6. The molecule has 0 radical (unpaired) electrons. The van der Waals surface area contributed by atoms with Crippen LogP contribution >= 0.6 is 0 Å². The maximum atomic E-state index is 13.7. The summed E-state index contributed by atoms with van der Waals surface area (Å²) in [6, 6.07) is 8.74. The van der Waals surface area contributed by atoms with Crippen molar-refractivity contribution in [2.75, 3.05) is 13.2 Å². The molecule has 5 atom stereocenters. The summed E-state index contributed by atoms with van der Waals surface area (Å²) >= 11 is 0. The average molecular weight is 487 g/mol. The average Bonchev–Trinajstić information content (AvgIpc) is 3.43. The number of nitrogens with zero attached hydrogens (tertiary/aromatic N) is 1. The van der Waals surface area contributed by atoms with E-state index in [1.54, 1.807) is 18.7 Å². The second-order valence-corrected chi connectivity index (χ2v) is 11.0. The van der Waals surface area contributed by atoms with Gasteiger partial charge in [0.25, 0.3) is 0 Å². The molecule has 0 aromatic heterocycles. The molecule has 2 aliphatic rings. The Balaban J connectivity index is 1.71. The van der Waals surface area contributed by atoms with E-state index in [0.29, 0.717) is 24.7 Å². The van der Waals surface area contributed by atoms with Crippen LogP contribution in [0.25, 0.3) is 0 Å². The predicted octanol–water partition coefficient (Wildman–Crippen LogP) is 3.89. The lowest BCUT2D eigenvalue weighted by Gasteiger charge is -2.37. The number of rotatable bonds is 11. The van der Waals surface area contributed by atoms with Gasteiger partial charge in [-0.05, 0) is 84.1 Å². The molecule has 0 heterocycles. The fraction of sp³-hybridized carbons (Fsp3) is 0.679. The highest BCUT2D eigenvalue weighted by molar-refractivity contribution is 5.87. The number of carbonyl (C=O) groups excluding carboxylic acids is 3. The van der Waals surface area contributed by atoms with Crippen LogP contribution in [0, 0.1) is 11.8 Å². The maximum Gasteiger partial charge on any atom is 0.326 e. The Morgan fingerprint density at radius 3 is 2.40 bits per heavy atom. The molecule has 35 heavy (non-hydrogen) atoms. The van der Waals surface area contributed by atoms with Crippen LogP contribution in [0.1, 0.15) is 72.3 Å². The largest absolute Gasteiger partial charge is 0.465 e. The highest BCUT2D eigenvalue weighted by Gasteiger charge is 2.45. The van der Waals surface area contributed by atoms with Crippen molar-refractivity contribution in [2.45, 2.75) is 96.9 Å². The minimum absolute atomic E-state index is 0.0448. The maximum absolute atomic E-state index is 13.7. The summed E-state index contributed by atoms with van der Waals surface area (Å²) in [5, 5.41) is 3.22. The molecule has 7 heteroatoms. The number of nitrogens with one attached hydrogen (secondary N) is 1. The quantitative estimate of drug-likeness (QED) is 0.478. The van der Waals surface area contributed by atoms with E-state index in [9.17, 15) is 14.4 Å². The Morgan fingerprint density at radius 2 is 1.83 bits per heavy atom. The molecule has 1 N–H and O–H groups in total. The lowest BCUT2D eigenvalue weighted by molar-refractivity contribution is -0.161. The molecule has 0 saturated heterocycles. The fourth-order valence-electron chi connectivity index (χ4n) is 5.55. The zero-order valence-corrected chi connectivity index (χ0v) is 21.9. The number of esters is 2. The Kier molecular flexibility index (Phi) is 9.34. The third-order valence-electron chi connectivity index (χ3n) is 7.06. The van der Waals surface area contributed by atoms with E-state index >= 15 is 0 Å². The van der Waals surface area contributed by atoms with Gasteiger partial charge in [-0.2, -0.15) is 0 Å². The molecule has 194 valence electrons. The van der Waals surface area contributed by atoms with Gasteiger partial charge in [-0.3, -0.25) is 19.7 Å². The summed E-state index contributed by atoms with van der Waals surface area (Å²) in [4.78, 5) is 40.8. The van der Waals surface area contributed by atoms with Crippen molar-refractivity contribution in [1.82, 2.24) is 10.2 Å². The van der Waals surface area contributed by atoms with Gasteiger partial charge in [-0.25, -0.2) is 0 Å². The van der Waals surface area contributed by atoms with Crippen LogP contribution in [-0.4, -0.2) is 59.6 Å². The molecule has 2 saturated carbocycles. The van der Waals surface area contributed by atoms with Crippen molar-refractivity contribution < 1.29 is 23.9 Å². The number of aryl methyl sites for hydroxylation is 1. The topological polar surface area (TPSA) is 84.9 Å². The number of benzene rings is 1. The van der Waals surface area contributed by atoms with Crippen LogP contribution in [0.5, 0.6) is 0 Å². The summed E-state index contributed by atoms with van der Waals surface area (Å²) < 4.78 is 10.8. The van der Waals surface area contributed by atoms with Gasteiger partial charge >= 0.3 is 11.9 Å². The number of fused-ring (bicyclic) bond motifs is 2. The molecular formula is C28H42N2O5. The van der Waals surface area contributed by atoms with E-state index in [1.165, 1.54) is 6.42 Å². The first kappa shape index (κ1) is 27.2. The highest BCUT2D eigenvalue weighted by Crippen LogP contribution is 2.46. The number of hydrogen-bond donors (Lipinski definition) is 1. The summed E-state index contributed by atoms with van der Waals surface area (Å²) in [5.74, 6) is 0.133.